The van der Waals surface area contributed by atoms with Crippen LogP contribution >= 0.6 is 0 Å². The zero-order chi connectivity index (χ0) is 20.1. The first kappa shape index (κ1) is 19.5. The fourth-order valence-electron chi connectivity index (χ4n) is 3.13. The first-order valence-corrected chi connectivity index (χ1v) is 9.30. The number of aryl methyl sites for hydroxylation is 2. The number of esters is 1. The molecule has 0 aliphatic rings. The molecule has 0 aliphatic carbocycles. The van der Waals surface area contributed by atoms with Crippen LogP contribution in [0.1, 0.15) is 35.5 Å². The van der Waals surface area contributed by atoms with E-state index in [1.807, 2.05) is 44.2 Å². The molecule has 2 aromatic carbocycles. The van der Waals surface area contributed by atoms with Gasteiger partial charge in [0.15, 0.2) is 6.61 Å². The number of carbonyl (C=O) groups excluding carboxylic acids is 2. The average molecular weight is 380 g/mol. The third kappa shape index (κ3) is 4.17. The summed E-state index contributed by atoms with van der Waals surface area (Å²) in [6.45, 7) is 3.73. The first-order valence-electron chi connectivity index (χ1n) is 9.30. The minimum absolute atomic E-state index is 0.291. The summed E-state index contributed by atoms with van der Waals surface area (Å²) < 4.78 is 10.4. The van der Waals surface area contributed by atoms with Crippen molar-refractivity contribution in [3.8, 4) is 5.75 Å². The van der Waals surface area contributed by atoms with Gasteiger partial charge in [0.1, 0.15) is 11.4 Å². The Kier molecular flexibility index (Phi) is 5.99. The van der Waals surface area contributed by atoms with Crippen LogP contribution in [0.4, 0.5) is 5.69 Å². The van der Waals surface area contributed by atoms with Crippen molar-refractivity contribution in [1.29, 1.82) is 0 Å². The lowest BCUT2D eigenvalue weighted by molar-refractivity contribution is -0.119. The van der Waals surface area contributed by atoms with Crippen molar-refractivity contribution in [2.24, 2.45) is 0 Å². The second-order valence-corrected chi connectivity index (χ2v) is 6.42. The molecule has 0 bridgehead atoms. The molecule has 1 amide bonds. The Balaban J connectivity index is 1.66. The lowest BCUT2D eigenvalue weighted by Gasteiger charge is -2.14. The number of aromatic nitrogens is 1. The van der Waals surface area contributed by atoms with Gasteiger partial charge in [-0.2, -0.15) is 0 Å². The van der Waals surface area contributed by atoms with Crippen LogP contribution in [-0.4, -0.2) is 30.6 Å². The van der Waals surface area contributed by atoms with Gasteiger partial charge in [-0.25, -0.2) is 4.79 Å². The standard InChI is InChI=1S/C22H24N2O4/c1-4-14-7-6-8-15(5-2)21(14)24-20(25)13-28-22(26)19-11-16-9-10-17(27-3)12-18(16)23-19/h6-12,23H,4-5,13H2,1-3H3,(H,24,25). The number of fused-ring (bicyclic) bond motifs is 1. The predicted molar refractivity (Wildman–Crippen MR) is 109 cm³/mol. The summed E-state index contributed by atoms with van der Waals surface area (Å²) in [4.78, 5) is 27.6. The zero-order valence-corrected chi connectivity index (χ0v) is 16.3. The number of benzene rings is 2. The Morgan fingerprint density at radius 2 is 1.75 bits per heavy atom. The molecule has 0 saturated heterocycles. The van der Waals surface area contributed by atoms with Crippen LogP contribution in [0.2, 0.25) is 0 Å². The fourth-order valence-corrected chi connectivity index (χ4v) is 3.13. The second kappa shape index (κ2) is 8.61. The van der Waals surface area contributed by atoms with E-state index in [0.717, 1.165) is 40.6 Å². The Bertz CT molecular complexity index is 985. The van der Waals surface area contributed by atoms with E-state index in [-0.39, 0.29) is 12.5 Å². The molecule has 1 aromatic heterocycles. The van der Waals surface area contributed by atoms with Gasteiger partial charge in [0.25, 0.3) is 5.91 Å². The predicted octanol–water partition coefficient (Wildman–Crippen LogP) is 4.10. The summed E-state index contributed by atoms with van der Waals surface area (Å²) in [7, 11) is 1.58. The lowest BCUT2D eigenvalue weighted by atomic mass is 10.0. The number of H-pyrrole nitrogens is 1. The summed E-state index contributed by atoms with van der Waals surface area (Å²) in [6, 6.07) is 13.1. The molecule has 0 saturated carbocycles. The van der Waals surface area contributed by atoms with E-state index in [4.69, 9.17) is 9.47 Å². The second-order valence-electron chi connectivity index (χ2n) is 6.42. The van der Waals surface area contributed by atoms with E-state index in [1.165, 1.54) is 0 Å². The normalized spacial score (nSPS) is 10.7. The van der Waals surface area contributed by atoms with E-state index in [9.17, 15) is 9.59 Å². The molecular formula is C22H24N2O4. The van der Waals surface area contributed by atoms with E-state index in [1.54, 1.807) is 19.2 Å². The Labute approximate surface area is 163 Å². The largest absolute Gasteiger partial charge is 0.497 e. The SMILES string of the molecule is CCc1cccc(CC)c1NC(=O)COC(=O)c1cc2ccc(OC)cc2[nH]1. The molecule has 6 nitrogen and oxygen atoms in total. The summed E-state index contributed by atoms with van der Waals surface area (Å²) in [5, 5.41) is 3.75. The molecule has 6 heteroatoms. The number of nitrogens with one attached hydrogen (secondary N) is 2. The highest BCUT2D eigenvalue weighted by atomic mass is 16.5. The van der Waals surface area contributed by atoms with Crippen LogP contribution in [-0.2, 0) is 22.4 Å². The topological polar surface area (TPSA) is 80.4 Å². The third-order valence-electron chi connectivity index (χ3n) is 4.65. The van der Waals surface area contributed by atoms with Crippen LogP contribution in [0.25, 0.3) is 10.9 Å². The van der Waals surface area contributed by atoms with Gasteiger partial charge in [0.2, 0.25) is 0 Å². The van der Waals surface area contributed by atoms with Crippen molar-refractivity contribution in [2.45, 2.75) is 26.7 Å². The Hall–Kier alpha value is -3.28. The molecule has 28 heavy (non-hydrogen) atoms. The molecule has 2 N–H and O–H groups in total. The number of anilines is 1. The van der Waals surface area contributed by atoms with Crippen LogP contribution in [0.3, 0.4) is 0 Å². The van der Waals surface area contributed by atoms with Gasteiger partial charge in [0.05, 0.1) is 7.11 Å². The van der Waals surface area contributed by atoms with Gasteiger partial charge in [-0.05, 0) is 42.2 Å². The minimum Gasteiger partial charge on any atom is -0.497 e. The van der Waals surface area contributed by atoms with Gasteiger partial charge >= 0.3 is 5.97 Å². The zero-order valence-electron chi connectivity index (χ0n) is 16.3. The van der Waals surface area contributed by atoms with E-state index >= 15 is 0 Å². The maximum absolute atomic E-state index is 12.3. The van der Waals surface area contributed by atoms with E-state index in [2.05, 4.69) is 10.3 Å². The molecule has 3 aromatic rings. The lowest BCUT2D eigenvalue weighted by Crippen LogP contribution is -2.22. The smallest absolute Gasteiger partial charge is 0.355 e. The van der Waals surface area contributed by atoms with Crippen LogP contribution in [0.15, 0.2) is 42.5 Å². The molecule has 0 spiro atoms. The minimum atomic E-state index is -0.579. The Morgan fingerprint density at radius 1 is 1.04 bits per heavy atom. The number of methoxy groups -OCH3 is 1. The highest BCUT2D eigenvalue weighted by molar-refractivity contribution is 5.98. The van der Waals surface area contributed by atoms with E-state index in [0.29, 0.717) is 11.4 Å². The Morgan fingerprint density at radius 3 is 2.39 bits per heavy atom. The van der Waals surface area contributed by atoms with Gasteiger partial charge in [-0.15, -0.1) is 0 Å². The number of aromatic amines is 1. The highest BCUT2D eigenvalue weighted by Crippen LogP contribution is 2.23. The molecule has 0 radical (unpaired) electrons. The fraction of sp³-hybridized carbons (Fsp3) is 0.273. The van der Waals surface area contributed by atoms with Crippen molar-refractivity contribution in [1.82, 2.24) is 4.98 Å². The van der Waals surface area contributed by atoms with Crippen molar-refractivity contribution >= 4 is 28.5 Å². The average Bonchev–Trinajstić information content (AvgIpc) is 3.15. The maximum Gasteiger partial charge on any atom is 0.355 e. The van der Waals surface area contributed by atoms with Crippen LogP contribution in [0.5, 0.6) is 5.75 Å². The highest BCUT2D eigenvalue weighted by Gasteiger charge is 2.15. The van der Waals surface area contributed by atoms with Crippen molar-refractivity contribution in [2.75, 3.05) is 19.0 Å². The van der Waals surface area contributed by atoms with Gasteiger partial charge in [-0.3, -0.25) is 4.79 Å². The number of hydrogen-bond acceptors (Lipinski definition) is 4. The maximum atomic E-state index is 12.3. The molecule has 0 unspecified atom stereocenters. The van der Waals surface area contributed by atoms with Gasteiger partial charge in [-0.1, -0.05) is 32.0 Å². The number of para-hydroxylation sites is 1. The van der Waals surface area contributed by atoms with E-state index < -0.39 is 5.97 Å². The van der Waals surface area contributed by atoms with Crippen molar-refractivity contribution in [3.05, 3.63) is 59.3 Å². The number of ether oxygens (including phenoxy) is 2. The number of rotatable bonds is 7. The molecule has 0 aliphatic heterocycles. The summed E-state index contributed by atoms with van der Waals surface area (Å²) in [5.74, 6) is -0.249. The third-order valence-corrected chi connectivity index (χ3v) is 4.65. The summed E-state index contributed by atoms with van der Waals surface area (Å²) >= 11 is 0. The molecule has 1 heterocycles. The van der Waals surface area contributed by atoms with Gasteiger partial charge in [0, 0.05) is 22.7 Å². The first-order chi connectivity index (χ1) is 13.5. The molecule has 0 fully saturated rings. The summed E-state index contributed by atoms with van der Waals surface area (Å²) in [5.41, 5.74) is 3.98. The molecule has 3 rings (SSSR count). The quantitative estimate of drug-likeness (QED) is 0.605. The van der Waals surface area contributed by atoms with Crippen LogP contribution < -0.4 is 10.1 Å². The monoisotopic (exact) mass is 380 g/mol. The summed E-state index contributed by atoms with van der Waals surface area (Å²) in [6.07, 6.45) is 1.61. The van der Waals surface area contributed by atoms with Crippen molar-refractivity contribution in [3.63, 3.8) is 0 Å². The number of carbonyl (C=O) groups is 2. The van der Waals surface area contributed by atoms with Gasteiger partial charge < -0.3 is 19.8 Å². The molecular weight excluding hydrogens is 356 g/mol. The van der Waals surface area contributed by atoms with Crippen molar-refractivity contribution < 1.29 is 19.1 Å². The molecule has 146 valence electrons. The van der Waals surface area contributed by atoms with Crippen LogP contribution in [0, 0.1) is 0 Å². The molecule has 0 atom stereocenters. The number of amides is 1. The number of hydrogen-bond donors (Lipinski definition) is 2.